The summed E-state index contributed by atoms with van der Waals surface area (Å²) < 4.78 is 1.71. The number of aromatic nitrogens is 2. The van der Waals surface area contributed by atoms with Crippen LogP contribution in [0.5, 0.6) is 0 Å². The van der Waals surface area contributed by atoms with E-state index in [1.54, 1.807) is 4.68 Å². The zero-order chi connectivity index (χ0) is 15.7. The van der Waals surface area contributed by atoms with E-state index in [0.29, 0.717) is 15.7 Å². The molecular weight excluding hydrogens is 318 g/mol. The monoisotopic (exact) mass is 331 g/mol. The van der Waals surface area contributed by atoms with Crippen LogP contribution in [-0.4, -0.2) is 15.7 Å². The molecule has 3 rings (SSSR count). The number of amides is 1. The van der Waals surface area contributed by atoms with Gasteiger partial charge in [0.25, 0.3) is 5.91 Å². The van der Waals surface area contributed by atoms with Gasteiger partial charge < -0.3 is 5.32 Å². The standard InChI is InChI=1S/C16H14ClN3OS/c1-10-9-22-15(14(10)17)16(21)18-13-8-11(2)19-20(13)12-6-4-3-5-7-12/h3-9H,1-2H3,(H,18,21). The maximum atomic E-state index is 12.4. The van der Waals surface area contributed by atoms with Gasteiger partial charge in [-0.1, -0.05) is 29.8 Å². The van der Waals surface area contributed by atoms with Crippen LogP contribution in [0.1, 0.15) is 20.9 Å². The first-order valence-electron chi connectivity index (χ1n) is 6.73. The lowest BCUT2D eigenvalue weighted by atomic mass is 10.3. The van der Waals surface area contributed by atoms with Crippen LogP contribution in [0.2, 0.25) is 5.02 Å². The molecule has 6 heteroatoms. The Morgan fingerprint density at radius 3 is 2.64 bits per heavy atom. The third-order valence-corrected chi connectivity index (χ3v) is 4.87. The molecule has 22 heavy (non-hydrogen) atoms. The topological polar surface area (TPSA) is 46.9 Å². The molecule has 0 saturated carbocycles. The first kappa shape index (κ1) is 14.8. The Bertz CT molecular complexity index is 823. The Morgan fingerprint density at radius 1 is 1.27 bits per heavy atom. The normalized spacial score (nSPS) is 10.7. The van der Waals surface area contributed by atoms with Gasteiger partial charge in [0.05, 0.1) is 16.4 Å². The molecule has 0 radical (unpaired) electrons. The quantitative estimate of drug-likeness (QED) is 0.770. The smallest absolute Gasteiger partial charge is 0.268 e. The fourth-order valence-corrected chi connectivity index (χ4v) is 3.28. The summed E-state index contributed by atoms with van der Waals surface area (Å²) in [5.41, 5.74) is 2.62. The van der Waals surface area contributed by atoms with Crippen molar-refractivity contribution in [3.8, 4) is 5.69 Å². The van der Waals surface area contributed by atoms with E-state index in [2.05, 4.69) is 10.4 Å². The molecule has 1 aromatic carbocycles. The van der Waals surface area contributed by atoms with Crippen molar-refractivity contribution < 1.29 is 4.79 Å². The molecule has 2 heterocycles. The summed E-state index contributed by atoms with van der Waals surface area (Å²) in [4.78, 5) is 12.9. The summed E-state index contributed by atoms with van der Waals surface area (Å²) in [7, 11) is 0. The van der Waals surface area contributed by atoms with Gasteiger partial charge >= 0.3 is 0 Å². The number of aryl methyl sites for hydroxylation is 2. The largest absolute Gasteiger partial charge is 0.306 e. The summed E-state index contributed by atoms with van der Waals surface area (Å²) in [5, 5.41) is 9.69. The number of carbonyl (C=O) groups excluding carboxylic acids is 1. The van der Waals surface area contributed by atoms with Crippen molar-refractivity contribution in [2.24, 2.45) is 0 Å². The van der Waals surface area contributed by atoms with Crippen LogP contribution in [0, 0.1) is 13.8 Å². The van der Waals surface area contributed by atoms with Crippen molar-refractivity contribution in [1.82, 2.24) is 9.78 Å². The Morgan fingerprint density at radius 2 is 2.00 bits per heavy atom. The second kappa shape index (κ2) is 5.94. The molecular formula is C16H14ClN3OS. The molecule has 1 amide bonds. The summed E-state index contributed by atoms with van der Waals surface area (Å²) >= 11 is 7.50. The van der Waals surface area contributed by atoms with Gasteiger partial charge in [-0.25, -0.2) is 4.68 Å². The summed E-state index contributed by atoms with van der Waals surface area (Å²) in [6.07, 6.45) is 0. The lowest BCUT2D eigenvalue weighted by Crippen LogP contribution is -2.14. The number of hydrogen-bond donors (Lipinski definition) is 1. The highest BCUT2D eigenvalue weighted by atomic mass is 35.5. The number of benzene rings is 1. The Labute approximate surface area is 137 Å². The minimum absolute atomic E-state index is 0.222. The minimum Gasteiger partial charge on any atom is -0.306 e. The second-order valence-corrected chi connectivity index (χ2v) is 6.19. The average Bonchev–Trinajstić information content (AvgIpc) is 3.03. The van der Waals surface area contributed by atoms with E-state index in [-0.39, 0.29) is 5.91 Å². The molecule has 0 spiro atoms. The Balaban J connectivity index is 1.93. The van der Waals surface area contributed by atoms with Crippen molar-refractivity contribution in [3.63, 3.8) is 0 Å². The first-order chi connectivity index (χ1) is 10.6. The molecule has 0 atom stereocenters. The van der Waals surface area contributed by atoms with Crippen molar-refractivity contribution >= 4 is 34.7 Å². The molecule has 0 aliphatic carbocycles. The number of nitrogens with zero attached hydrogens (tertiary/aromatic N) is 2. The molecule has 3 aromatic rings. The van der Waals surface area contributed by atoms with Crippen molar-refractivity contribution in [2.45, 2.75) is 13.8 Å². The third-order valence-electron chi connectivity index (χ3n) is 3.18. The lowest BCUT2D eigenvalue weighted by molar-refractivity contribution is 0.103. The summed E-state index contributed by atoms with van der Waals surface area (Å²) in [5.74, 6) is 0.399. The van der Waals surface area contributed by atoms with Crippen LogP contribution in [0.25, 0.3) is 5.69 Å². The number of nitrogens with one attached hydrogen (secondary N) is 1. The van der Waals surface area contributed by atoms with Gasteiger partial charge in [-0.05, 0) is 36.9 Å². The maximum absolute atomic E-state index is 12.4. The average molecular weight is 332 g/mol. The maximum Gasteiger partial charge on any atom is 0.268 e. The molecule has 0 fully saturated rings. The molecule has 4 nitrogen and oxygen atoms in total. The van der Waals surface area contributed by atoms with E-state index in [1.165, 1.54) is 11.3 Å². The fraction of sp³-hybridized carbons (Fsp3) is 0.125. The predicted molar refractivity (Wildman–Crippen MR) is 90.3 cm³/mol. The van der Waals surface area contributed by atoms with Gasteiger partial charge in [0.1, 0.15) is 10.7 Å². The predicted octanol–water partition coefficient (Wildman–Crippen LogP) is 4.46. The molecule has 0 aliphatic heterocycles. The van der Waals surface area contributed by atoms with E-state index in [0.717, 1.165) is 16.9 Å². The van der Waals surface area contributed by atoms with Crippen LogP contribution >= 0.6 is 22.9 Å². The van der Waals surface area contributed by atoms with Crippen molar-refractivity contribution in [1.29, 1.82) is 0 Å². The zero-order valence-corrected chi connectivity index (χ0v) is 13.7. The Kier molecular flexibility index (Phi) is 4.00. The minimum atomic E-state index is -0.222. The second-order valence-electron chi connectivity index (χ2n) is 4.93. The Hall–Kier alpha value is -2.11. The van der Waals surface area contributed by atoms with Crippen LogP contribution in [0.3, 0.4) is 0 Å². The van der Waals surface area contributed by atoms with Crippen LogP contribution in [-0.2, 0) is 0 Å². The van der Waals surface area contributed by atoms with E-state index < -0.39 is 0 Å². The molecule has 2 aromatic heterocycles. The fourth-order valence-electron chi connectivity index (χ4n) is 2.11. The van der Waals surface area contributed by atoms with E-state index >= 15 is 0 Å². The summed E-state index contributed by atoms with van der Waals surface area (Å²) in [6, 6.07) is 11.5. The van der Waals surface area contributed by atoms with Crippen LogP contribution in [0.4, 0.5) is 5.82 Å². The number of anilines is 1. The van der Waals surface area contributed by atoms with Gasteiger partial charge in [0, 0.05) is 6.07 Å². The number of para-hydroxylation sites is 1. The van der Waals surface area contributed by atoms with Gasteiger partial charge in [-0.2, -0.15) is 5.10 Å². The molecule has 0 aliphatic rings. The van der Waals surface area contributed by atoms with Gasteiger partial charge in [-0.15, -0.1) is 11.3 Å². The third kappa shape index (κ3) is 2.77. The molecule has 112 valence electrons. The number of halogens is 1. The lowest BCUT2D eigenvalue weighted by Gasteiger charge is -2.08. The molecule has 1 N–H and O–H groups in total. The zero-order valence-electron chi connectivity index (χ0n) is 12.1. The van der Waals surface area contributed by atoms with Gasteiger partial charge in [0.15, 0.2) is 0 Å². The van der Waals surface area contributed by atoms with E-state index in [4.69, 9.17) is 11.6 Å². The molecule has 0 unspecified atom stereocenters. The SMILES string of the molecule is Cc1cc(NC(=O)c2scc(C)c2Cl)n(-c2ccccc2)n1. The highest BCUT2D eigenvalue weighted by molar-refractivity contribution is 7.13. The van der Waals surface area contributed by atoms with Crippen LogP contribution in [0.15, 0.2) is 41.8 Å². The van der Waals surface area contributed by atoms with Crippen LogP contribution < -0.4 is 5.32 Å². The summed E-state index contributed by atoms with van der Waals surface area (Å²) in [6.45, 7) is 3.77. The molecule has 0 saturated heterocycles. The number of carbonyl (C=O) groups is 1. The highest BCUT2D eigenvalue weighted by Crippen LogP contribution is 2.28. The molecule has 0 bridgehead atoms. The van der Waals surface area contributed by atoms with Gasteiger partial charge in [0.2, 0.25) is 0 Å². The number of hydrogen-bond acceptors (Lipinski definition) is 3. The number of thiophene rings is 1. The van der Waals surface area contributed by atoms with Crippen molar-refractivity contribution in [3.05, 3.63) is 62.9 Å². The first-order valence-corrected chi connectivity index (χ1v) is 7.99. The van der Waals surface area contributed by atoms with E-state index in [9.17, 15) is 4.79 Å². The van der Waals surface area contributed by atoms with E-state index in [1.807, 2.05) is 55.6 Å². The van der Waals surface area contributed by atoms with Gasteiger partial charge in [-0.3, -0.25) is 4.79 Å². The number of rotatable bonds is 3. The van der Waals surface area contributed by atoms with Crippen molar-refractivity contribution in [2.75, 3.05) is 5.32 Å². The highest BCUT2D eigenvalue weighted by Gasteiger charge is 2.17.